The minimum atomic E-state index is 0.346. The van der Waals surface area contributed by atoms with Gasteiger partial charge in [0.05, 0.1) is 4.83 Å². The Morgan fingerprint density at radius 2 is 1.82 bits per heavy atom. The van der Waals surface area contributed by atoms with Crippen molar-refractivity contribution in [2.24, 2.45) is 0 Å². The number of aryl methyl sites for hydroxylation is 1. The van der Waals surface area contributed by atoms with Gasteiger partial charge in [-0.1, -0.05) is 46.3 Å². The third-order valence-electron chi connectivity index (χ3n) is 3.63. The number of hydrogen-bond acceptors (Lipinski definition) is 1. The van der Waals surface area contributed by atoms with Crippen molar-refractivity contribution in [3.05, 3.63) is 57.8 Å². The highest BCUT2D eigenvalue weighted by Crippen LogP contribution is 2.60. The molecule has 1 aliphatic carbocycles. The summed E-state index contributed by atoms with van der Waals surface area (Å²) in [5.74, 6) is 0. The fourth-order valence-corrected chi connectivity index (χ4v) is 4.58. The first-order valence-corrected chi connectivity index (χ1v) is 7.71. The summed E-state index contributed by atoms with van der Waals surface area (Å²) in [6, 6.07) is 15.4. The van der Waals surface area contributed by atoms with Crippen molar-refractivity contribution >= 4 is 27.3 Å². The van der Waals surface area contributed by atoms with Gasteiger partial charge in [0.2, 0.25) is 0 Å². The fourth-order valence-electron chi connectivity index (χ4n) is 2.46. The zero-order chi connectivity index (χ0) is 11.9. The molecule has 2 aromatic rings. The summed E-state index contributed by atoms with van der Waals surface area (Å²) >= 11 is 5.84. The molecule has 0 bridgehead atoms. The van der Waals surface area contributed by atoms with E-state index in [0.717, 1.165) is 0 Å². The van der Waals surface area contributed by atoms with Crippen molar-refractivity contribution in [2.45, 2.75) is 30.0 Å². The molecule has 0 amide bonds. The Kier molecular flexibility index (Phi) is 2.87. The maximum Gasteiger partial charge on any atom is 0.0585 e. The molecule has 1 aromatic heterocycles. The topological polar surface area (TPSA) is 0 Å². The van der Waals surface area contributed by atoms with Crippen molar-refractivity contribution in [1.82, 2.24) is 0 Å². The van der Waals surface area contributed by atoms with E-state index in [1.165, 1.54) is 28.2 Å². The molecule has 0 N–H and O–H groups in total. The zero-order valence-corrected chi connectivity index (χ0v) is 12.2. The third kappa shape index (κ3) is 1.98. The Bertz CT molecular complexity index is 511. The van der Waals surface area contributed by atoms with Gasteiger partial charge in [-0.25, -0.2) is 0 Å². The summed E-state index contributed by atoms with van der Waals surface area (Å²) in [6.07, 6.45) is 2.59. The van der Waals surface area contributed by atoms with E-state index >= 15 is 0 Å². The number of halogens is 1. The largest absolute Gasteiger partial charge is 0.144 e. The van der Waals surface area contributed by atoms with Crippen LogP contribution in [0.5, 0.6) is 0 Å². The summed E-state index contributed by atoms with van der Waals surface area (Å²) in [4.78, 5) is 3.33. The third-order valence-corrected chi connectivity index (χ3v) is 6.37. The van der Waals surface area contributed by atoms with Gasteiger partial charge in [-0.05, 0) is 37.5 Å². The molecule has 88 valence electrons. The van der Waals surface area contributed by atoms with E-state index in [1.807, 2.05) is 11.3 Å². The van der Waals surface area contributed by atoms with E-state index in [9.17, 15) is 0 Å². The lowest BCUT2D eigenvalue weighted by molar-refractivity contribution is 0.689. The number of alkyl halides is 1. The second kappa shape index (κ2) is 4.25. The van der Waals surface area contributed by atoms with E-state index in [1.54, 1.807) is 0 Å². The Labute approximate surface area is 115 Å². The second-order valence-corrected chi connectivity index (χ2v) is 7.07. The smallest absolute Gasteiger partial charge is 0.0585 e. The number of rotatable bonds is 3. The first-order valence-electron chi connectivity index (χ1n) is 5.98. The van der Waals surface area contributed by atoms with Gasteiger partial charge < -0.3 is 0 Å². The SMILES string of the molecule is Cc1ccc(C(Br)C2(c3ccccc3)CC2)s1. The minimum Gasteiger partial charge on any atom is -0.144 e. The van der Waals surface area contributed by atoms with Crippen molar-refractivity contribution in [3.8, 4) is 0 Å². The molecule has 1 unspecified atom stereocenters. The van der Waals surface area contributed by atoms with Crippen molar-refractivity contribution in [2.75, 3.05) is 0 Å². The van der Waals surface area contributed by atoms with Gasteiger partial charge in [-0.15, -0.1) is 11.3 Å². The molecular formula is C15H15BrS. The van der Waals surface area contributed by atoms with E-state index in [-0.39, 0.29) is 0 Å². The van der Waals surface area contributed by atoms with Crippen LogP contribution in [0.25, 0.3) is 0 Å². The molecule has 1 aromatic carbocycles. The summed E-state index contributed by atoms with van der Waals surface area (Å²) in [5.41, 5.74) is 1.83. The Balaban J connectivity index is 1.94. The Morgan fingerprint density at radius 1 is 1.12 bits per heavy atom. The molecule has 2 heteroatoms. The maximum atomic E-state index is 3.93. The molecule has 1 atom stereocenters. The van der Waals surface area contributed by atoms with Crippen LogP contribution in [0.15, 0.2) is 42.5 Å². The highest BCUT2D eigenvalue weighted by Gasteiger charge is 2.50. The van der Waals surface area contributed by atoms with Crippen LogP contribution in [0.2, 0.25) is 0 Å². The van der Waals surface area contributed by atoms with Crippen molar-refractivity contribution in [1.29, 1.82) is 0 Å². The standard InChI is InChI=1S/C15H15BrS/c1-11-7-8-13(17-11)14(16)15(9-10-15)12-5-3-2-4-6-12/h2-8,14H,9-10H2,1H3. The van der Waals surface area contributed by atoms with Crippen LogP contribution in [0.3, 0.4) is 0 Å². The molecule has 1 aliphatic rings. The van der Waals surface area contributed by atoms with Crippen LogP contribution < -0.4 is 0 Å². The van der Waals surface area contributed by atoms with Gasteiger partial charge in [0.1, 0.15) is 0 Å². The van der Waals surface area contributed by atoms with Crippen molar-refractivity contribution in [3.63, 3.8) is 0 Å². The minimum absolute atomic E-state index is 0.346. The number of hydrogen-bond donors (Lipinski definition) is 0. The lowest BCUT2D eigenvalue weighted by atomic mass is 9.92. The lowest BCUT2D eigenvalue weighted by Crippen LogP contribution is -2.12. The Hall–Kier alpha value is -0.600. The quantitative estimate of drug-likeness (QED) is 0.682. The van der Waals surface area contributed by atoms with Gasteiger partial charge in [-0.3, -0.25) is 0 Å². The predicted molar refractivity (Wildman–Crippen MR) is 78.1 cm³/mol. The second-order valence-electron chi connectivity index (χ2n) is 4.83. The van der Waals surface area contributed by atoms with Gasteiger partial charge in [0.25, 0.3) is 0 Å². The fraction of sp³-hybridized carbons (Fsp3) is 0.333. The number of benzene rings is 1. The van der Waals surface area contributed by atoms with Crippen LogP contribution >= 0.6 is 27.3 Å². The molecule has 0 spiro atoms. The molecule has 0 nitrogen and oxygen atoms in total. The van der Waals surface area contributed by atoms with Crippen molar-refractivity contribution < 1.29 is 0 Å². The summed E-state index contributed by atoms with van der Waals surface area (Å²) < 4.78 is 0. The first-order chi connectivity index (χ1) is 8.22. The molecule has 3 rings (SSSR count). The molecular weight excluding hydrogens is 292 g/mol. The van der Waals surface area contributed by atoms with Crippen LogP contribution in [-0.2, 0) is 5.41 Å². The highest BCUT2D eigenvalue weighted by atomic mass is 79.9. The van der Waals surface area contributed by atoms with Crippen LogP contribution in [0.4, 0.5) is 0 Å². The molecule has 1 fully saturated rings. The molecule has 17 heavy (non-hydrogen) atoms. The van der Waals surface area contributed by atoms with E-state index in [0.29, 0.717) is 10.2 Å². The van der Waals surface area contributed by atoms with Gasteiger partial charge in [0.15, 0.2) is 0 Å². The summed E-state index contributed by atoms with van der Waals surface area (Å²) in [7, 11) is 0. The molecule has 0 radical (unpaired) electrons. The summed E-state index contributed by atoms with van der Waals surface area (Å²) in [5, 5.41) is 0. The monoisotopic (exact) mass is 306 g/mol. The van der Waals surface area contributed by atoms with Crippen LogP contribution in [0, 0.1) is 6.92 Å². The average Bonchev–Trinajstić information content (AvgIpc) is 3.07. The predicted octanol–water partition coefficient (Wildman–Crippen LogP) is 5.22. The van der Waals surface area contributed by atoms with Gasteiger partial charge in [-0.2, -0.15) is 0 Å². The molecule has 0 aliphatic heterocycles. The maximum absolute atomic E-state index is 3.93. The molecule has 1 saturated carbocycles. The van der Waals surface area contributed by atoms with E-state index in [4.69, 9.17) is 0 Å². The molecule has 0 saturated heterocycles. The van der Waals surface area contributed by atoms with Crippen LogP contribution in [0.1, 0.15) is 33.0 Å². The Morgan fingerprint density at radius 3 is 2.35 bits per heavy atom. The normalized spacial score (nSPS) is 18.9. The van der Waals surface area contributed by atoms with Gasteiger partial charge in [0, 0.05) is 15.2 Å². The summed E-state index contributed by atoms with van der Waals surface area (Å²) in [6.45, 7) is 2.18. The zero-order valence-electron chi connectivity index (χ0n) is 9.82. The van der Waals surface area contributed by atoms with Gasteiger partial charge >= 0.3 is 0 Å². The van der Waals surface area contributed by atoms with E-state index < -0.39 is 0 Å². The van der Waals surface area contributed by atoms with E-state index in [2.05, 4.69) is 65.3 Å². The number of thiophene rings is 1. The molecule has 1 heterocycles. The van der Waals surface area contributed by atoms with Crippen LogP contribution in [-0.4, -0.2) is 0 Å². The average molecular weight is 307 g/mol. The lowest BCUT2D eigenvalue weighted by Gasteiger charge is -2.21. The first kappa shape index (κ1) is 11.5. The highest BCUT2D eigenvalue weighted by molar-refractivity contribution is 9.09.